The summed E-state index contributed by atoms with van der Waals surface area (Å²) in [4.78, 5) is 12.1. The van der Waals surface area contributed by atoms with Crippen molar-refractivity contribution in [2.75, 3.05) is 5.32 Å². The van der Waals surface area contributed by atoms with Crippen molar-refractivity contribution in [3.63, 3.8) is 0 Å². The van der Waals surface area contributed by atoms with E-state index < -0.39 is 24.4 Å². The molecule has 0 aliphatic heterocycles. The molecule has 0 aliphatic rings. The second-order valence-electron chi connectivity index (χ2n) is 5.65. The van der Waals surface area contributed by atoms with Crippen LogP contribution in [0.25, 0.3) is 0 Å². The first kappa shape index (κ1) is 21.1. The average molecular weight is 456 g/mol. The molecule has 5 nitrogen and oxygen atoms in total. The molecule has 0 spiro atoms. The van der Waals surface area contributed by atoms with Crippen molar-refractivity contribution in [2.45, 2.75) is 39.6 Å². The van der Waals surface area contributed by atoms with Crippen molar-refractivity contribution in [3.05, 3.63) is 39.6 Å². The van der Waals surface area contributed by atoms with Gasteiger partial charge in [0, 0.05) is 6.42 Å². The molecule has 0 radical (unpaired) electrons. The molecule has 27 heavy (non-hydrogen) atoms. The summed E-state index contributed by atoms with van der Waals surface area (Å²) in [6.45, 7) is -0.0879. The Bertz CT molecular complexity index is 836. The third-order valence-corrected chi connectivity index (χ3v) is 4.53. The van der Waals surface area contributed by atoms with Crippen LogP contribution in [-0.2, 0) is 17.5 Å². The number of amides is 1. The number of hydrogen-bond acceptors (Lipinski definition) is 3. The van der Waals surface area contributed by atoms with Gasteiger partial charge in [0.25, 0.3) is 0 Å². The van der Waals surface area contributed by atoms with E-state index in [4.69, 9.17) is 0 Å². The number of halogens is 6. The van der Waals surface area contributed by atoms with Crippen molar-refractivity contribution in [3.8, 4) is 5.75 Å². The van der Waals surface area contributed by atoms with Crippen LogP contribution in [-0.4, -0.2) is 22.3 Å². The summed E-state index contributed by atoms with van der Waals surface area (Å²) in [6, 6.07) is 4.34. The van der Waals surface area contributed by atoms with Gasteiger partial charge >= 0.3 is 12.8 Å². The molecule has 0 aliphatic carbocycles. The Hall–Kier alpha value is -2.17. The van der Waals surface area contributed by atoms with Crippen LogP contribution in [0.3, 0.4) is 0 Å². The minimum atomic E-state index is -4.62. The average Bonchev–Trinajstić information content (AvgIpc) is 2.83. The van der Waals surface area contributed by atoms with Gasteiger partial charge in [-0.05, 0) is 47.5 Å². The van der Waals surface area contributed by atoms with Gasteiger partial charge in [0.15, 0.2) is 5.69 Å². The lowest BCUT2D eigenvalue weighted by atomic mass is 10.2. The zero-order valence-corrected chi connectivity index (χ0v) is 15.8. The van der Waals surface area contributed by atoms with Gasteiger partial charge in [-0.25, -0.2) is 0 Å². The molecule has 0 saturated heterocycles. The van der Waals surface area contributed by atoms with E-state index >= 15 is 0 Å². The lowest BCUT2D eigenvalue weighted by molar-refractivity contribution is -0.142. The number of benzene rings is 1. The Kier molecular flexibility index (Phi) is 6.45. The highest BCUT2D eigenvalue weighted by atomic mass is 79.9. The molecule has 0 bridgehead atoms. The number of anilines is 1. The Morgan fingerprint density at radius 2 is 2.00 bits per heavy atom. The van der Waals surface area contributed by atoms with Gasteiger partial charge in [0.05, 0.1) is 22.4 Å². The number of aromatic nitrogens is 2. The van der Waals surface area contributed by atoms with Crippen LogP contribution in [0.15, 0.2) is 22.7 Å². The minimum absolute atomic E-state index is 0.0419. The van der Waals surface area contributed by atoms with E-state index in [1.807, 2.05) is 0 Å². The maximum Gasteiger partial charge on any atom is 0.436 e. The molecule has 0 fully saturated rings. The molecule has 0 atom stereocenters. The minimum Gasteiger partial charge on any atom is -0.433 e. The lowest BCUT2D eigenvalue weighted by Crippen LogP contribution is -2.17. The number of ether oxygens (including phenoxy) is 1. The van der Waals surface area contributed by atoms with E-state index in [1.54, 1.807) is 13.0 Å². The molecular formula is C16H15BrF5N3O2. The first-order chi connectivity index (χ1) is 12.5. The molecule has 148 valence electrons. The van der Waals surface area contributed by atoms with Gasteiger partial charge in [0.1, 0.15) is 5.75 Å². The number of nitrogens with zero attached hydrogens (tertiary/aromatic N) is 2. The highest BCUT2D eigenvalue weighted by Gasteiger charge is 2.37. The fourth-order valence-electron chi connectivity index (χ4n) is 2.27. The summed E-state index contributed by atoms with van der Waals surface area (Å²) in [5.41, 5.74) is -0.167. The second kappa shape index (κ2) is 8.24. The fraction of sp³-hybridized carbons (Fsp3) is 0.375. The molecule has 1 aromatic heterocycles. The summed E-state index contributed by atoms with van der Waals surface area (Å²) in [5.74, 6) is -0.784. The highest BCUT2D eigenvalue weighted by molar-refractivity contribution is 9.10. The zero-order chi connectivity index (χ0) is 20.4. The summed E-state index contributed by atoms with van der Waals surface area (Å²) < 4.78 is 68.7. The van der Waals surface area contributed by atoms with Gasteiger partial charge in [-0.1, -0.05) is 6.07 Å². The number of aryl methyl sites for hydroxylation is 2. The van der Waals surface area contributed by atoms with Crippen LogP contribution >= 0.6 is 15.9 Å². The lowest BCUT2D eigenvalue weighted by Gasteiger charge is -2.13. The van der Waals surface area contributed by atoms with E-state index in [-0.39, 0.29) is 34.6 Å². The largest absolute Gasteiger partial charge is 0.436 e. The summed E-state index contributed by atoms with van der Waals surface area (Å²) >= 11 is 2.85. The zero-order valence-electron chi connectivity index (χ0n) is 14.2. The molecule has 0 unspecified atom stereocenters. The Morgan fingerprint density at radius 3 is 2.56 bits per heavy atom. The monoisotopic (exact) mass is 455 g/mol. The maximum absolute atomic E-state index is 12.8. The van der Waals surface area contributed by atoms with E-state index in [1.165, 1.54) is 19.1 Å². The van der Waals surface area contributed by atoms with Crippen LogP contribution in [0.1, 0.15) is 23.4 Å². The van der Waals surface area contributed by atoms with Crippen molar-refractivity contribution in [2.24, 2.45) is 0 Å². The van der Waals surface area contributed by atoms with E-state index in [2.05, 4.69) is 31.1 Å². The number of hydrogen-bond donors (Lipinski definition) is 1. The molecule has 2 rings (SSSR count). The first-order valence-corrected chi connectivity index (χ1v) is 8.43. The van der Waals surface area contributed by atoms with Gasteiger partial charge in [0.2, 0.25) is 5.91 Å². The normalized spacial score (nSPS) is 11.7. The number of nitrogens with one attached hydrogen (secondary N) is 1. The Balaban J connectivity index is 2.08. The van der Waals surface area contributed by atoms with Gasteiger partial charge in [-0.3, -0.25) is 9.48 Å². The quantitative estimate of drug-likeness (QED) is 0.629. The predicted molar refractivity (Wildman–Crippen MR) is 90.7 cm³/mol. The molecule has 1 N–H and O–H groups in total. The van der Waals surface area contributed by atoms with Crippen molar-refractivity contribution in [1.82, 2.24) is 9.78 Å². The summed E-state index contributed by atoms with van der Waals surface area (Å²) in [6.07, 6.45) is -4.84. The third kappa shape index (κ3) is 5.41. The smallest absolute Gasteiger partial charge is 0.433 e. The van der Waals surface area contributed by atoms with Gasteiger partial charge in [-0.2, -0.15) is 27.1 Å². The van der Waals surface area contributed by atoms with E-state index in [0.717, 1.165) is 4.68 Å². The maximum atomic E-state index is 12.8. The molecule has 11 heteroatoms. The number of alkyl halides is 5. The van der Waals surface area contributed by atoms with Gasteiger partial charge in [-0.15, -0.1) is 0 Å². The van der Waals surface area contributed by atoms with Gasteiger partial charge < -0.3 is 10.1 Å². The van der Waals surface area contributed by atoms with Crippen molar-refractivity contribution < 1.29 is 31.5 Å². The van der Waals surface area contributed by atoms with Crippen molar-refractivity contribution in [1.29, 1.82) is 0 Å². The van der Waals surface area contributed by atoms with E-state index in [9.17, 15) is 26.7 Å². The van der Waals surface area contributed by atoms with Crippen LogP contribution in [0.2, 0.25) is 0 Å². The predicted octanol–water partition coefficient (Wildman–Crippen LogP) is 4.91. The second-order valence-corrected chi connectivity index (χ2v) is 6.44. The molecule has 0 saturated carbocycles. The first-order valence-electron chi connectivity index (χ1n) is 7.64. The fourth-order valence-corrected chi connectivity index (χ4v) is 2.78. The SMILES string of the molecule is Cc1ccc(NC(=O)CCn2nc(C(F)(F)F)c(Br)c2C)c(OC(F)F)c1. The van der Waals surface area contributed by atoms with E-state index in [0.29, 0.717) is 5.56 Å². The molecular weight excluding hydrogens is 441 g/mol. The van der Waals surface area contributed by atoms with Crippen LogP contribution < -0.4 is 10.1 Å². The molecule has 1 amide bonds. The topological polar surface area (TPSA) is 56.2 Å². The van der Waals surface area contributed by atoms with Crippen LogP contribution in [0.4, 0.5) is 27.6 Å². The summed E-state index contributed by atoms with van der Waals surface area (Å²) in [7, 11) is 0. The number of carbonyl (C=O) groups excluding carboxylic acids is 1. The Morgan fingerprint density at radius 1 is 1.33 bits per heavy atom. The number of rotatable bonds is 6. The van der Waals surface area contributed by atoms with Crippen LogP contribution in [0.5, 0.6) is 5.75 Å². The molecule has 1 heterocycles. The molecule has 1 aromatic carbocycles. The molecule has 2 aromatic rings. The van der Waals surface area contributed by atoms with Crippen molar-refractivity contribution >= 4 is 27.5 Å². The standard InChI is InChI=1S/C16H15BrF5N3O2/c1-8-3-4-10(11(7-8)27-15(18)19)23-12(26)5-6-25-9(2)13(17)14(24-25)16(20,21)22/h3-4,7,15H,5-6H2,1-2H3,(H,23,26). The van der Waals surface area contributed by atoms with Crippen LogP contribution in [0, 0.1) is 13.8 Å². The Labute approximate surface area is 159 Å². The summed E-state index contributed by atoms with van der Waals surface area (Å²) in [5, 5.41) is 5.88. The highest BCUT2D eigenvalue weighted by Crippen LogP contribution is 2.35. The third-order valence-electron chi connectivity index (χ3n) is 3.58. The number of carbonyl (C=O) groups is 1.